The van der Waals surface area contributed by atoms with Gasteiger partial charge in [-0.15, -0.1) is 11.8 Å². The SMILES string of the molecule is Cc1cccc(CSCC(=O)Nc2c(C(C)C)cccc2C(C)C)c1. The van der Waals surface area contributed by atoms with Crippen molar-refractivity contribution >= 4 is 23.4 Å². The molecule has 0 aliphatic heterocycles. The zero-order valence-corrected chi connectivity index (χ0v) is 16.7. The van der Waals surface area contributed by atoms with E-state index in [9.17, 15) is 4.79 Å². The van der Waals surface area contributed by atoms with E-state index in [2.05, 4.69) is 82.4 Å². The van der Waals surface area contributed by atoms with Gasteiger partial charge in [-0.1, -0.05) is 75.7 Å². The molecule has 2 aromatic rings. The Morgan fingerprint density at radius 1 is 1.00 bits per heavy atom. The maximum Gasteiger partial charge on any atom is 0.234 e. The van der Waals surface area contributed by atoms with Crippen molar-refractivity contribution in [1.29, 1.82) is 0 Å². The molecule has 0 unspecified atom stereocenters. The minimum atomic E-state index is 0.0765. The van der Waals surface area contributed by atoms with Crippen LogP contribution in [0.25, 0.3) is 0 Å². The second-order valence-corrected chi connectivity index (χ2v) is 8.14. The molecule has 2 rings (SSSR count). The Hall–Kier alpha value is -1.74. The second kappa shape index (κ2) is 9.10. The van der Waals surface area contributed by atoms with Gasteiger partial charge in [-0.05, 0) is 35.4 Å². The Morgan fingerprint density at radius 3 is 2.16 bits per heavy atom. The van der Waals surface area contributed by atoms with Gasteiger partial charge in [0, 0.05) is 11.4 Å². The van der Waals surface area contributed by atoms with Gasteiger partial charge in [0.1, 0.15) is 0 Å². The van der Waals surface area contributed by atoms with Crippen LogP contribution in [0.4, 0.5) is 5.69 Å². The normalized spacial score (nSPS) is 11.2. The van der Waals surface area contributed by atoms with E-state index in [0.29, 0.717) is 17.6 Å². The summed E-state index contributed by atoms with van der Waals surface area (Å²) in [5.74, 6) is 2.17. The number of carbonyl (C=O) groups is 1. The highest BCUT2D eigenvalue weighted by Gasteiger charge is 2.15. The zero-order chi connectivity index (χ0) is 18.4. The van der Waals surface area contributed by atoms with Crippen molar-refractivity contribution in [2.24, 2.45) is 0 Å². The number of benzene rings is 2. The summed E-state index contributed by atoms with van der Waals surface area (Å²) in [5, 5.41) is 3.18. The quantitative estimate of drug-likeness (QED) is 0.649. The largest absolute Gasteiger partial charge is 0.325 e. The third kappa shape index (κ3) is 5.64. The smallest absolute Gasteiger partial charge is 0.234 e. The molecule has 134 valence electrons. The third-order valence-corrected chi connectivity index (χ3v) is 5.23. The Balaban J connectivity index is 2.02. The highest BCUT2D eigenvalue weighted by Crippen LogP contribution is 2.32. The number of rotatable bonds is 7. The molecule has 0 radical (unpaired) electrons. The van der Waals surface area contributed by atoms with Crippen molar-refractivity contribution in [2.45, 2.75) is 52.2 Å². The molecule has 0 aliphatic rings. The number of carbonyl (C=O) groups excluding carboxylic acids is 1. The number of hydrogen-bond acceptors (Lipinski definition) is 2. The molecule has 0 saturated heterocycles. The van der Waals surface area contributed by atoms with Crippen LogP contribution in [0.1, 0.15) is 61.8 Å². The van der Waals surface area contributed by atoms with Crippen molar-refractivity contribution in [3.8, 4) is 0 Å². The molecule has 0 saturated carbocycles. The molecule has 1 N–H and O–H groups in total. The summed E-state index contributed by atoms with van der Waals surface area (Å²) >= 11 is 1.66. The van der Waals surface area contributed by atoms with Gasteiger partial charge < -0.3 is 5.32 Å². The van der Waals surface area contributed by atoms with Crippen LogP contribution in [0, 0.1) is 6.92 Å². The van der Waals surface area contributed by atoms with Crippen molar-refractivity contribution in [3.05, 3.63) is 64.7 Å². The lowest BCUT2D eigenvalue weighted by molar-refractivity contribution is -0.113. The lowest BCUT2D eigenvalue weighted by Crippen LogP contribution is -2.17. The molecule has 0 aliphatic carbocycles. The minimum absolute atomic E-state index is 0.0765. The molecule has 25 heavy (non-hydrogen) atoms. The molecule has 0 heterocycles. The number of para-hydroxylation sites is 1. The number of amides is 1. The molecule has 0 atom stereocenters. The van der Waals surface area contributed by atoms with Gasteiger partial charge in [0.2, 0.25) is 5.91 Å². The first-order chi connectivity index (χ1) is 11.9. The molecular weight excluding hydrogens is 326 g/mol. The van der Waals surface area contributed by atoms with Crippen molar-refractivity contribution in [1.82, 2.24) is 0 Å². The fourth-order valence-corrected chi connectivity index (χ4v) is 3.71. The number of aryl methyl sites for hydroxylation is 1. The predicted molar refractivity (Wildman–Crippen MR) is 111 cm³/mol. The van der Waals surface area contributed by atoms with Crippen LogP contribution < -0.4 is 5.32 Å². The molecular formula is C22H29NOS. The first-order valence-electron chi connectivity index (χ1n) is 8.94. The topological polar surface area (TPSA) is 29.1 Å². The van der Waals surface area contributed by atoms with Gasteiger partial charge in [-0.2, -0.15) is 0 Å². The highest BCUT2D eigenvalue weighted by molar-refractivity contribution is 7.99. The Bertz CT molecular complexity index is 695. The van der Waals surface area contributed by atoms with E-state index in [1.807, 2.05) is 0 Å². The summed E-state index contributed by atoms with van der Waals surface area (Å²) in [6, 6.07) is 14.8. The van der Waals surface area contributed by atoms with E-state index in [1.165, 1.54) is 22.3 Å². The average molecular weight is 356 g/mol. The van der Waals surface area contributed by atoms with Crippen LogP contribution in [0.15, 0.2) is 42.5 Å². The molecule has 0 bridgehead atoms. The second-order valence-electron chi connectivity index (χ2n) is 7.15. The average Bonchev–Trinajstić information content (AvgIpc) is 2.54. The number of anilines is 1. The lowest BCUT2D eigenvalue weighted by atomic mass is 9.92. The Morgan fingerprint density at radius 2 is 1.60 bits per heavy atom. The van der Waals surface area contributed by atoms with Gasteiger partial charge >= 0.3 is 0 Å². The molecule has 2 aromatic carbocycles. The molecule has 1 amide bonds. The Kier molecular flexibility index (Phi) is 7.12. The fourth-order valence-electron chi connectivity index (χ4n) is 2.93. The first kappa shape index (κ1) is 19.6. The molecule has 0 fully saturated rings. The van der Waals surface area contributed by atoms with Gasteiger partial charge in [0.25, 0.3) is 0 Å². The van der Waals surface area contributed by atoms with Gasteiger partial charge in [-0.25, -0.2) is 0 Å². The van der Waals surface area contributed by atoms with E-state index < -0.39 is 0 Å². The molecule has 0 aromatic heterocycles. The Labute approximate surface area is 156 Å². The molecule has 3 heteroatoms. The maximum atomic E-state index is 12.5. The minimum Gasteiger partial charge on any atom is -0.325 e. The van der Waals surface area contributed by atoms with E-state index in [1.54, 1.807) is 11.8 Å². The summed E-state index contributed by atoms with van der Waals surface area (Å²) in [5.41, 5.74) is 5.96. The highest BCUT2D eigenvalue weighted by atomic mass is 32.2. The van der Waals surface area contributed by atoms with Crippen molar-refractivity contribution < 1.29 is 4.79 Å². The molecule has 0 spiro atoms. The van der Waals surface area contributed by atoms with Gasteiger partial charge in [-0.3, -0.25) is 4.79 Å². The molecule has 2 nitrogen and oxygen atoms in total. The van der Waals surface area contributed by atoms with Gasteiger partial charge in [0.15, 0.2) is 0 Å². The van der Waals surface area contributed by atoms with Crippen LogP contribution in [0.2, 0.25) is 0 Å². The standard InChI is InChI=1S/C22H29NOS/c1-15(2)19-10-7-11-20(16(3)4)22(19)23-21(24)14-25-13-18-9-6-8-17(5)12-18/h6-12,15-16H,13-14H2,1-5H3,(H,23,24). The number of hydrogen-bond donors (Lipinski definition) is 1. The lowest BCUT2D eigenvalue weighted by Gasteiger charge is -2.20. The van der Waals surface area contributed by atoms with E-state index >= 15 is 0 Å². The van der Waals surface area contributed by atoms with Crippen molar-refractivity contribution in [2.75, 3.05) is 11.1 Å². The summed E-state index contributed by atoms with van der Waals surface area (Å²) in [6.45, 7) is 10.8. The maximum absolute atomic E-state index is 12.5. The van der Waals surface area contributed by atoms with Crippen LogP contribution in [-0.4, -0.2) is 11.7 Å². The predicted octanol–water partition coefficient (Wildman–Crippen LogP) is 6.11. The van der Waals surface area contributed by atoms with E-state index in [-0.39, 0.29) is 5.91 Å². The van der Waals surface area contributed by atoms with Crippen LogP contribution in [0.5, 0.6) is 0 Å². The summed E-state index contributed by atoms with van der Waals surface area (Å²) in [4.78, 5) is 12.5. The summed E-state index contributed by atoms with van der Waals surface area (Å²) < 4.78 is 0. The first-order valence-corrected chi connectivity index (χ1v) is 10.1. The summed E-state index contributed by atoms with van der Waals surface area (Å²) in [7, 11) is 0. The zero-order valence-electron chi connectivity index (χ0n) is 15.9. The van der Waals surface area contributed by atoms with Gasteiger partial charge in [0.05, 0.1) is 5.75 Å². The fraction of sp³-hybridized carbons (Fsp3) is 0.409. The van der Waals surface area contributed by atoms with Crippen LogP contribution in [-0.2, 0) is 10.5 Å². The van der Waals surface area contributed by atoms with E-state index in [4.69, 9.17) is 0 Å². The monoisotopic (exact) mass is 355 g/mol. The summed E-state index contributed by atoms with van der Waals surface area (Å²) in [6.07, 6.45) is 0. The van der Waals surface area contributed by atoms with Crippen LogP contribution >= 0.6 is 11.8 Å². The number of thioether (sulfide) groups is 1. The van der Waals surface area contributed by atoms with E-state index in [0.717, 1.165) is 11.4 Å². The third-order valence-electron chi connectivity index (χ3n) is 4.22. The van der Waals surface area contributed by atoms with Crippen LogP contribution in [0.3, 0.4) is 0 Å². The number of nitrogens with one attached hydrogen (secondary N) is 1. The van der Waals surface area contributed by atoms with Crippen molar-refractivity contribution in [3.63, 3.8) is 0 Å².